The molecule has 10 atom stereocenters. The summed E-state index contributed by atoms with van der Waals surface area (Å²) in [6.07, 6.45) is 11.4. The van der Waals surface area contributed by atoms with Gasteiger partial charge in [0.05, 0.1) is 6.10 Å². The smallest absolute Gasteiger partial charge is 0.303 e. The van der Waals surface area contributed by atoms with E-state index >= 15 is 0 Å². The fraction of sp³-hybridized carbons (Fsp3) is 0.963. The van der Waals surface area contributed by atoms with Crippen LogP contribution in [0.25, 0.3) is 0 Å². The molecule has 7 unspecified atom stereocenters. The highest BCUT2D eigenvalue weighted by Crippen LogP contribution is 2.69. The van der Waals surface area contributed by atoms with Crippen LogP contribution in [-0.4, -0.2) is 22.3 Å². The molecule has 4 aliphatic carbocycles. The second kappa shape index (κ2) is 9.12. The van der Waals surface area contributed by atoms with Crippen LogP contribution in [0.5, 0.6) is 0 Å². The molecular weight excluding hydrogens is 372 g/mol. The van der Waals surface area contributed by atoms with Crippen molar-refractivity contribution in [3.63, 3.8) is 0 Å². The zero-order valence-electron chi connectivity index (χ0n) is 20.5. The van der Waals surface area contributed by atoms with Gasteiger partial charge in [-0.3, -0.25) is 4.79 Å². The summed E-state index contributed by atoms with van der Waals surface area (Å²) in [4.78, 5) is 11.1. The fourth-order valence-corrected chi connectivity index (χ4v) is 9.27. The first-order valence-electron chi connectivity index (χ1n) is 13.1. The monoisotopic (exact) mass is 420 g/mol. The van der Waals surface area contributed by atoms with Gasteiger partial charge >= 0.3 is 5.97 Å². The van der Waals surface area contributed by atoms with Crippen molar-refractivity contribution in [2.24, 2.45) is 52.3 Å². The summed E-state index contributed by atoms with van der Waals surface area (Å²) in [5.74, 6) is 3.34. The van der Waals surface area contributed by atoms with Gasteiger partial charge in [0, 0.05) is 6.42 Å². The van der Waals surface area contributed by atoms with Crippen LogP contribution in [-0.2, 0) is 4.79 Å². The second-order valence-electron chi connectivity index (χ2n) is 11.6. The maximum absolute atomic E-state index is 11.5. The molecular formula is C27H48O3. The molecule has 0 bridgehead atoms. The first-order valence-corrected chi connectivity index (χ1v) is 13.1. The van der Waals surface area contributed by atoms with E-state index in [0.29, 0.717) is 53.3 Å². The van der Waals surface area contributed by atoms with Crippen molar-refractivity contribution in [1.82, 2.24) is 0 Å². The number of aliphatic hydroxyl groups is 1. The predicted octanol–water partition coefficient (Wildman–Crippen LogP) is 6.78. The van der Waals surface area contributed by atoms with Crippen molar-refractivity contribution in [2.45, 2.75) is 112 Å². The van der Waals surface area contributed by atoms with Gasteiger partial charge in [0.2, 0.25) is 0 Å². The van der Waals surface area contributed by atoms with E-state index < -0.39 is 5.97 Å². The van der Waals surface area contributed by atoms with E-state index in [1.54, 1.807) is 0 Å². The second-order valence-corrected chi connectivity index (χ2v) is 11.6. The van der Waals surface area contributed by atoms with Crippen LogP contribution in [0, 0.1) is 52.3 Å². The minimum atomic E-state index is -0.664. The van der Waals surface area contributed by atoms with Crippen LogP contribution in [0.3, 0.4) is 0 Å². The number of rotatable bonds is 4. The Bertz CT molecular complexity index is 603. The zero-order chi connectivity index (χ0) is 22.3. The number of hydrogen-bond donors (Lipinski definition) is 2. The molecule has 3 nitrogen and oxygen atoms in total. The Hall–Kier alpha value is -0.570. The summed E-state index contributed by atoms with van der Waals surface area (Å²) in [5.41, 5.74) is 0.716. The number of aliphatic carboxylic acids is 1. The lowest BCUT2D eigenvalue weighted by Crippen LogP contribution is -2.60. The van der Waals surface area contributed by atoms with Crippen LogP contribution in [0.1, 0.15) is 106 Å². The van der Waals surface area contributed by atoms with Crippen LogP contribution in [0.15, 0.2) is 0 Å². The van der Waals surface area contributed by atoms with Gasteiger partial charge < -0.3 is 10.2 Å². The molecule has 4 aliphatic rings. The summed E-state index contributed by atoms with van der Waals surface area (Å²) in [6, 6.07) is 0. The molecule has 0 aromatic heterocycles. The van der Waals surface area contributed by atoms with Crippen LogP contribution in [0.4, 0.5) is 0 Å². The minimum Gasteiger partial charge on any atom is -0.481 e. The van der Waals surface area contributed by atoms with E-state index in [-0.39, 0.29) is 11.5 Å². The van der Waals surface area contributed by atoms with Crippen molar-refractivity contribution in [1.29, 1.82) is 0 Å². The average molecular weight is 421 g/mol. The van der Waals surface area contributed by atoms with Gasteiger partial charge in [-0.2, -0.15) is 0 Å². The third-order valence-corrected chi connectivity index (χ3v) is 10.6. The van der Waals surface area contributed by atoms with E-state index in [1.807, 2.05) is 13.8 Å². The molecule has 0 aliphatic heterocycles. The average Bonchev–Trinajstić information content (AvgIpc) is 3.08. The summed E-state index contributed by atoms with van der Waals surface area (Å²) < 4.78 is 0. The van der Waals surface area contributed by atoms with E-state index in [9.17, 15) is 9.90 Å². The van der Waals surface area contributed by atoms with E-state index in [2.05, 4.69) is 27.7 Å². The molecule has 0 amide bonds. The van der Waals surface area contributed by atoms with Crippen molar-refractivity contribution in [2.75, 3.05) is 0 Å². The lowest BCUT2D eigenvalue weighted by Gasteiger charge is -2.64. The molecule has 0 spiro atoms. The van der Waals surface area contributed by atoms with Gasteiger partial charge in [0.15, 0.2) is 0 Å². The molecule has 2 N–H and O–H groups in total. The molecule has 3 heteroatoms. The van der Waals surface area contributed by atoms with E-state index in [0.717, 1.165) is 6.42 Å². The number of carboxylic acids is 1. The van der Waals surface area contributed by atoms with E-state index in [1.165, 1.54) is 51.4 Å². The Labute approximate surface area is 185 Å². The maximum atomic E-state index is 11.5. The van der Waals surface area contributed by atoms with Gasteiger partial charge in [-0.25, -0.2) is 0 Å². The normalized spacial score (nSPS) is 48.4. The Balaban J connectivity index is 0.00000124. The van der Waals surface area contributed by atoms with Crippen molar-refractivity contribution < 1.29 is 15.0 Å². The highest BCUT2D eigenvalue weighted by Gasteiger charge is 2.63. The Kier molecular flexibility index (Phi) is 7.32. The number of aliphatic hydroxyl groups excluding tert-OH is 1. The topological polar surface area (TPSA) is 57.5 Å². The molecule has 0 aromatic rings. The standard InChI is InChI=1S/C25H42O3.C2H6/c1-15(8-11-21(26)27)17-9-10-19-22-20(12-14-25(17,19)4)24(3)13-6-5-7-18(24)16(2)23(22)28;1-2/h15-20,22-23,28H,5-14H2,1-4H3,(H,26,27);1-2H3/t15-,16-,17?,18?,19?,20+,22?,23?,24?,25?;/m1./s1. The van der Waals surface area contributed by atoms with Crippen molar-refractivity contribution in [3.8, 4) is 0 Å². The lowest BCUT2D eigenvalue weighted by atomic mass is 9.42. The Morgan fingerprint density at radius 3 is 2.30 bits per heavy atom. The molecule has 4 rings (SSSR count). The molecule has 174 valence electrons. The SMILES string of the molecule is CC.C[C@H]1C(O)C2C3CCC([C@H](C)CCC(=O)O)C3(C)CC[C@@H]2C2(C)CCCCC12. The van der Waals surface area contributed by atoms with Crippen LogP contribution < -0.4 is 0 Å². The minimum absolute atomic E-state index is 0.140. The zero-order valence-corrected chi connectivity index (χ0v) is 20.5. The highest BCUT2D eigenvalue weighted by atomic mass is 16.4. The highest BCUT2D eigenvalue weighted by molar-refractivity contribution is 5.66. The molecule has 4 saturated carbocycles. The van der Waals surface area contributed by atoms with Gasteiger partial charge in [0.25, 0.3) is 0 Å². The van der Waals surface area contributed by atoms with Gasteiger partial charge in [0.1, 0.15) is 0 Å². The quantitative estimate of drug-likeness (QED) is 0.527. The summed E-state index contributed by atoms with van der Waals surface area (Å²) in [7, 11) is 0. The first kappa shape index (κ1) is 24.1. The first-order chi connectivity index (χ1) is 14.2. The van der Waals surface area contributed by atoms with Gasteiger partial charge in [-0.05, 0) is 97.2 Å². The van der Waals surface area contributed by atoms with Gasteiger partial charge in [-0.1, -0.05) is 54.4 Å². The van der Waals surface area contributed by atoms with Crippen LogP contribution >= 0.6 is 0 Å². The Morgan fingerprint density at radius 1 is 0.967 bits per heavy atom. The largest absolute Gasteiger partial charge is 0.481 e. The number of carbonyl (C=O) groups is 1. The predicted molar refractivity (Wildman–Crippen MR) is 123 cm³/mol. The number of carboxylic acid groups (broad SMARTS) is 1. The molecule has 4 fully saturated rings. The fourth-order valence-electron chi connectivity index (χ4n) is 9.27. The molecule has 30 heavy (non-hydrogen) atoms. The summed E-state index contributed by atoms with van der Waals surface area (Å²) >= 11 is 0. The lowest BCUT2D eigenvalue weighted by molar-refractivity contribution is -0.190. The maximum Gasteiger partial charge on any atom is 0.303 e. The summed E-state index contributed by atoms with van der Waals surface area (Å²) in [5, 5.41) is 20.6. The number of hydrogen-bond acceptors (Lipinski definition) is 2. The molecule has 0 saturated heterocycles. The molecule has 0 heterocycles. The molecule has 0 radical (unpaired) electrons. The summed E-state index contributed by atoms with van der Waals surface area (Å²) in [6.45, 7) is 13.7. The van der Waals surface area contributed by atoms with E-state index in [4.69, 9.17) is 5.11 Å². The third kappa shape index (κ3) is 3.76. The molecule has 0 aromatic carbocycles. The van der Waals surface area contributed by atoms with Crippen molar-refractivity contribution in [3.05, 3.63) is 0 Å². The third-order valence-electron chi connectivity index (χ3n) is 10.6. The number of fused-ring (bicyclic) bond motifs is 5. The Morgan fingerprint density at radius 2 is 1.63 bits per heavy atom. The van der Waals surface area contributed by atoms with Gasteiger partial charge in [-0.15, -0.1) is 0 Å². The van der Waals surface area contributed by atoms with Crippen LogP contribution in [0.2, 0.25) is 0 Å². The van der Waals surface area contributed by atoms with Crippen molar-refractivity contribution >= 4 is 5.97 Å².